The van der Waals surface area contributed by atoms with Gasteiger partial charge in [-0.25, -0.2) is 4.39 Å². The quantitative estimate of drug-likeness (QED) is 0.744. The van der Waals surface area contributed by atoms with Crippen molar-refractivity contribution in [3.05, 3.63) is 60.1 Å². The maximum absolute atomic E-state index is 12.7. The number of rotatable bonds is 2. The molecule has 0 unspecified atom stereocenters. The number of nitrogens with zero attached hydrogens (tertiary/aromatic N) is 1. The molecule has 3 heteroatoms. The van der Waals surface area contributed by atoms with Crippen LogP contribution in [0.2, 0.25) is 0 Å². The Morgan fingerprint density at radius 2 is 2.00 bits per heavy atom. The number of amides is 1. The van der Waals surface area contributed by atoms with Gasteiger partial charge in [0.1, 0.15) is 5.82 Å². The highest BCUT2D eigenvalue weighted by Gasteiger charge is 2.11. The number of halogens is 1. The van der Waals surface area contributed by atoms with E-state index in [1.807, 2.05) is 18.2 Å². The van der Waals surface area contributed by atoms with Gasteiger partial charge in [0, 0.05) is 12.7 Å². The Bertz CT molecular complexity index is 434. The fourth-order valence-corrected chi connectivity index (χ4v) is 1.53. The average Bonchev–Trinajstić information content (AvgIpc) is 2.33. The van der Waals surface area contributed by atoms with Gasteiger partial charge in [0.05, 0.1) is 6.42 Å². The Labute approximate surface area is 93.7 Å². The molecular formula is C13H12FNO. The Morgan fingerprint density at radius 3 is 2.62 bits per heavy atom. The van der Waals surface area contributed by atoms with Gasteiger partial charge in [-0.15, -0.1) is 0 Å². The summed E-state index contributed by atoms with van der Waals surface area (Å²) in [4.78, 5) is 13.4. The second-order valence-electron chi connectivity index (χ2n) is 3.62. The van der Waals surface area contributed by atoms with Crippen LogP contribution >= 0.6 is 0 Å². The van der Waals surface area contributed by atoms with E-state index in [9.17, 15) is 9.18 Å². The summed E-state index contributed by atoms with van der Waals surface area (Å²) >= 11 is 0. The molecule has 1 aromatic carbocycles. The van der Waals surface area contributed by atoms with Crippen molar-refractivity contribution in [3.63, 3.8) is 0 Å². The molecule has 0 fully saturated rings. The SMILES string of the molecule is O=C(Cc1ccc(F)cc1)N1C=CC=CC1. The lowest BCUT2D eigenvalue weighted by Crippen LogP contribution is -2.28. The van der Waals surface area contributed by atoms with Gasteiger partial charge in [0.25, 0.3) is 0 Å². The summed E-state index contributed by atoms with van der Waals surface area (Å²) < 4.78 is 12.7. The Balaban J connectivity index is 1.99. The molecule has 0 aromatic heterocycles. The molecule has 1 amide bonds. The lowest BCUT2D eigenvalue weighted by Gasteiger charge is -2.18. The van der Waals surface area contributed by atoms with E-state index in [4.69, 9.17) is 0 Å². The molecule has 0 atom stereocenters. The summed E-state index contributed by atoms with van der Waals surface area (Å²) in [5.74, 6) is -0.260. The van der Waals surface area contributed by atoms with Crippen LogP contribution < -0.4 is 0 Å². The molecule has 1 aromatic rings. The molecule has 16 heavy (non-hydrogen) atoms. The number of carbonyl (C=O) groups is 1. The first-order valence-electron chi connectivity index (χ1n) is 5.13. The summed E-state index contributed by atoms with van der Waals surface area (Å²) in [5.41, 5.74) is 0.828. The largest absolute Gasteiger partial charge is 0.315 e. The van der Waals surface area contributed by atoms with Gasteiger partial charge < -0.3 is 4.90 Å². The standard InChI is InChI=1S/C13H12FNO/c14-12-6-4-11(5-7-12)10-13(16)15-8-2-1-3-9-15/h1-8H,9-10H2. The van der Waals surface area contributed by atoms with Gasteiger partial charge in [-0.2, -0.15) is 0 Å². The van der Waals surface area contributed by atoms with Crippen molar-refractivity contribution in [2.24, 2.45) is 0 Å². The van der Waals surface area contributed by atoms with Crippen molar-refractivity contribution in [2.75, 3.05) is 6.54 Å². The molecule has 0 saturated heterocycles. The van der Waals surface area contributed by atoms with Gasteiger partial charge in [-0.05, 0) is 23.8 Å². The Kier molecular flexibility index (Phi) is 3.15. The van der Waals surface area contributed by atoms with E-state index >= 15 is 0 Å². The lowest BCUT2D eigenvalue weighted by atomic mass is 10.1. The molecule has 82 valence electrons. The summed E-state index contributed by atoms with van der Waals surface area (Å²) in [5, 5.41) is 0. The van der Waals surface area contributed by atoms with E-state index in [1.54, 1.807) is 23.2 Å². The van der Waals surface area contributed by atoms with E-state index < -0.39 is 0 Å². The van der Waals surface area contributed by atoms with Gasteiger partial charge in [-0.1, -0.05) is 24.3 Å². The lowest BCUT2D eigenvalue weighted by molar-refractivity contribution is -0.127. The summed E-state index contributed by atoms with van der Waals surface area (Å²) in [6.07, 6.45) is 7.71. The smallest absolute Gasteiger partial charge is 0.231 e. The first kappa shape index (κ1) is 10.6. The van der Waals surface area contributed by atoms with E-state index in [2.05, 4.69) is 0 Å². The van der Waals surface area contributed by atoms with Crippen molar-refractivity contribution >= 4 is 5.91 Å². The molecule has 0 radical (unpaired) electrons. The van der Waals surface area contributed by atoms with E-state index in [1.165, 1.54) is 12.1 Å². The molecule has 2 nitrogen and oxygen atoms in total. The highest BCUT2D eigenvalue weighted by Crippen LogP contribution is 2.07. The first-order valence-corrected chi connectivity index (χ1v) is 5.13. The van der Waals surface area contributed by atoms with Crippen LogP contribution in [0.5, 0.6) is 0 Å². The second kappa shape index (κ2) is 4.75. The number of allylic oxidation sites excluding steroid dienone is 2. The van der Waals surface area contributed by atoms with Crippen molar-refractivity contribution in [3.8, 4) is 0 Å². The molecule has 1 heterocycles. The highest BCUT2D eigenvalue weighted by molar-refractivity contribution is 5.80. The van der Waals surface area contributed by atoms with Crippen molar-refractivity contribution in [1.82, 2.24) is 4.90 Å². The van der Waals surface area contributed by atoms with Crippen LogP contribution in [0.1, 0.15) is 5.56 Å². The predicted octanol–water partition coefficient (Wildman–Crippen LogP) is 2.28. The van der Waals surface area contributed by atoms with Crippen LogP contribution in [-0.2, 0) is 11.2 Å². The van der Waals surface area contributed by atoms with Gasteiger partial charge >= 0.3 is 0 Å². The molecule has 1 aliphatic heterocycles. The zero-order valence-electron chi connectivity index (χ0n) is 8.77. The zero-order valence-corrected chi connectivity index (χ0v) is 8.77. The monoisotopic (exact) mass is 217 g/mol. The van der Waals surface area contributed by atoms with Crippen LogP contribution in [0.4, 0.5) is 4.39 Å². The van der Waals surface area contributed by atoms with Gasteiger partial charge in [0.2, 0.25) is 5.91 Å². The minimum Gasteiger partial charge on any atom is -0.315 e. The number of hydrogen-bond donors (Lipinski definition) is 0. The molecular weight excluding hydrogens is 205 g/mol. The fraction of sp³-hybridized carbons (Fsp3) is 0.154. The molecule has 0 saturated carbocycles. The van der Waals surface area contributed by atoms with E-state index in [0.717, 1.165) is 5.56 Å². The Morgan fingerprint density at radius 1 is 1.25 bits per heavy atom. The van der Waals surface area contributed by atoms with Crippen LogP contribution in [0.3, 0.4) is 0 Å². The first-order chi connectivity index (χ1) is 7.75. The predicted molar refractivity (Wildman–Crippen MR) is 60.1 cm³/mol. The molecule has 0 spiro atoms. The molecule has 0 N–H and O–H groups in total. The van der Waals surface area contributed by atoms with Crippen molar-refractivity contribution < 1.29 is 9.18 Å². The third-order valence-corrected chi connectivity index (χ3v) is 2.40. The topological polar surface area (TPSA) is 20.3 Å². The molecule has 2 rings (SSSR count). The summed E-state index contributed by atoms with van der Waals surface area (Å²) in [7, 11) is 0. The van der Waals surface area contributed by atoms with E-state index in [0.29, 0.717) is 13.0 Å². The fourth-order valence-electron chi connectivity index (χ4n) is 1.53. The second-order valence-corrected chi connectivity index (χ2v) is 3.62. The summed E-state index contributed by atoms with van der Waals surface area (Å²) in [6.45, 7) is 0.608. The van der Waals surface area contributed by atoms with Crippen LogP contribution in [0.25, 0.3) is 0 Å². The van der Waals surface area contributed by atoms with Crippen LogP contribution in [0.15, 0.2) is 48.7 Å². The minimum atomic E-state index is -0.281. The maximum atomic E-state index is 12.7. The van der Waals surface area contributed by atoms with Gasteiger partial charge in [0.15, 0.2) is 0 Å². The Hall–Kier alpha value is -1.90. The van der Waals surface area contributed by atoms with Gasteiger partial charge in [-0.3, -0.25) is 4.79 Å². The van der Waals surface area contributed by atoms with E-state index in [-0.39, 0.29) is 11.7 Å². The third kappa shape index (κ3) is 2.57. The minimum absolute atomic E-state index is 0.0206. The van der Waals surface area contributed by atoms with Crippen molar-refractivity contribution in [1.29, 1.82) is 0 Å². The normalized spacial score (nSPS) is 14.2. The zero-order chi connectivity index (χ0) is 11.4. The molecule has 0 bridgehead atoms. The van der Waals surface area contributed by atoms with Crippen molar-refractivity contribution in [2.45, 2.75) is 6.42 Å². The number of hydrogen-bond acceptors (Lipinski definition) is 1. The molecule has 0 aliphatic carbocycles. The van der Waals surface area contributed by atoms with Crippen LogP contribution in [0, 0.1) is 5.82 Å². The van der Waals surface area contributed by atoms with Crippen LogP contribution in [-0.4, -0.2) is 17.4 Å². The molecule has 1 aliphatic rings. The number of benzene rings is 1. The third-order valence-electron chi connectivity index (χ3n) is 2.40. The average molecular weight is 217 g/mol. The highest BCUT2D eigenvalue weighted by atomic mass is 19.1. The maximum Gasteiger partial charge on any atom is 0.231 e. The summed E-state index contributed by atoms with van der Waals surface area (Å²) in [6, 6.07) is 6.01. The number of carbonyl (C=O) groups excluding carboxylic acids is 1.